The van der Waals surface area contributed by atoms with Crippen molar-refractivity contribution in [1.82, 2.24) is 14.6 Å². The third kappa shape index (κ3) is 3.74. The molecule has 0 unspecified atom stereocenters. The van der Waals surface area contributed by atoms with Gasteiger partial charge in [-0.3, -0.25) is 0 Å². The molecule has 2 aromatic rings. The number of thiophene rings is 1. The molecule has 7 heteroatoms. The number of nitrogens with one attached hydrogen (secondary N) is 2. The van der Waals surface area contributed by atoms with Gasteiger partial charge in [-0.15, -0.1) is 0 Å². The number of aryl methyl sites for hydroxylation is 1. The summed E-state index contributed by atoms with van der Waals surface area (Å²) in [5, 5.41) is 7.28. The van der Waals surface area contributed by atoms with E-state index in [0.717, 1.165) is 11.3 Å². The van der Waals surface area contributed by atoms with Crippen molar-refractivity contribution in [3.8, 4) is 0 Å². The highest BCUT2D eigenvalue weighted by Crippen LogP contribution is 2.20. The molecule has 1 aliphatic rings. The van der Waals surface area contributed by atoms with Gasteiger partial charge in [0.15, 0.2) is 0 Å². The Morgan fingerprint density at radius 2 is 2.19 bits per heavy atom. The van der Waals surface area contributed by atoms with Crippen LogP contribution in [0.2, 0.25) is 0 Å². The van der Waals surface area contributed by atoms with E-state index >= 15 is 0 Å². The number of sulfonamides is 1. The summed E-state index contributed by atoms with van der Waals surface area (Å²) < 4.78 is 29.1. The zero-order valence-electron chi connectivity index (χ0n) is 11.9. The molecule has 2 N–H and O–H groups in total. The van der Waals surface area contributed by atoms with E-state index < -0.39 is 10.0 Å². The van der Waals surface area contributed by atoms with Crippen LogP contribution in [0, 0.1) is 0 Å². The Hall–Kier alpha value is -1.15. The Balaban J connectivity index is 1.67. The molecule has 5 nitrogen and oxygen atoms in total. The number of hydrogen-bond donors (Lipinski definition) is 2. The lowest BCUT2D eigenvalue weighted by atomic mass is 10.4. The molecule has 1 saturated carbocycles. The van der Waals surface area contributed by atoms with E-state index in [2.05, 4.69) is 10.0 Å². The lowest BCUT2D eigenvalue weighted by Gasteiger charge is -2.03. The summed E-state index contributed by atoms with van der Waals surface area (Å²) in [6, 6.07) is 4.27. The average molecular weight is 325 g/mol. The lowest BCUT2D eigenvalue weighted by Crippen LogP contribution is -2.22. The Labute approximate surface area is 129 Å². The van der Waals surface area contributed by atoms with Crippen LogP contribution in [0.4, 0.5) is 0 Å². The van der Waals surface area contributed by atoms with E-state index in [0.29, 0.717) is 24.0 Å². The van der Waals surface area contributed by atoms with Crippen LogP contribution >= 0.6 is 11.3 Å². The summed E-state index contributed by atoms with van der Waals surface area (Å²) in [5.41, 5.74) is 1.97. The zero-order valence-corrected chi connectivity index (χ0v) is 13.5. The topological polar surface area (TPSA) is 63.1 Å². The number of hydrogen-bond acceptors (Lipinski definition) is 4. The fourth-order valence-corrected chi connectivity index (χ4v) is 3.87. The molecule has 114 valence electrons. The average Bonchev–Trinajstić information content (AvgIpc) is 2.98. The highest BCUT2D eigenvalue weighted by Gasteiger charge is 2.22. The summed E-state index contributed by atoms with van der Waals surface area (Å²) in [4.78, 5) is 0.327. The van der Waals surface area contributed by atoms with Crippen molar-refractivity contribution in [1.29, 1.82) is 0 Å². The lowest BCUT2D eigenvalue weighted by molar-refractivity contribution is 0.581. The normalized spacial score (nSPS) is 15.5. The molecule has 2 heterocycles. The monoisotopic (exact) mass is 325 g/mol. The number of nitrogens with zero attached hydrogens (tertiary/aromatic N) is 1. The van der Waals surface area contributed by atoms with Crippen molar-refractivity contribution in [2.24, 2.45) is 7.05 Å². The van der Waals surface area contributed by atoms with Crippen molar-refractivity contribution in [2.75, 3.05) is 0 Å². The summed E-state index contributed by atoms with van der Waals surface area (Å²) in [6.07, 6.45) is 4.11. The van der Waals surface area contributed by atoms with Gasteiger partial charge in [-0.25, -0.2) is 13.1 Å². The first kappa shape index (κ1) is 14.8. The van der Waals surface area contributed by atoms with E-state index in [-0.39, 0.29) is 0 Å². The highest BCUT2D eigenvalue weighted by molar-refractivity contribution is 7.89. The standard InChI is InChI=1S/C14H19N3O2S2/c1-17-9-14(6-13(17)8-15-12-2-3-12)21(18,19)16-7-11-4-5-20-10-11/h4-6,9-10,12,15-16H,2-3,7-8H2,1H3. The summed E-state index contributed by atoms with van der Waals surface area (Å²) in [7, 11) is -1.58. The van der Waals surface area contributed by atoms with Crippen LogP contribution in [0.25, 0.3) is 0 Å². The van der Waals surface area contributed by atoms with Gasteiger partial charge in [0.2, 0.25) is 10.0 Å². The molecule has 1 fully saturated rings. The molecule has 0 spiro atoms. The highest BCUT2D eigenvalue weighted by atomic mass is 32.2. The van der Waals surface area contributed by atoms with Gasteiger partial charge in [0, 0.05) is 38.1 Å². The fraction of sp³-hybridized carbons (Fsp3) is 0.429. The van der Waals surface area contributed by atoms with Crippen molar-refractivity contribution in [2.45, 2.75) is 36.9 Å². The Morgan fingerprint density at radius 3 is 2.86 bits per heavy atom. The molecule has 0 amide bonds. The van der Waals surface area contributed by atoms with Gasteiger partial charge in [-0.05, 0) is 41.3 Å². The first-order valence-corrected chi connectivity index (χ1v) is 9.36. The molecular formula is C14H19N3O2S2. The number of rotatable bonds is 7. The predicted molar refractivity (Wildman–Crippen MR) is 83.6 cm³/mol. The molecule has 0 aromatic carbocycles. The first-order valence-electron chi connectivity index (χ1n) is 6.94. The predicted octanol–water partition coefficient (Wildman–Crippen LogP) is 1.82. The van der Waals surface area contributed by atoms with Crippen LogP contribution in [0.5, 0.6) is 0 Å². The summed E-state index contributed by atoms with van der Waals surface area (Å²) in [6.45, 7) is 1.04. The van der Waals surface area contributed by atoms with Crippen LogP contribution < -0.4 is 10.0 Å². The maximum atomic E-state index is 12.3. The first-order chi connectivity index (χ1) is 10.0. The van der Waals surface area contributed by atoms with Crippen molar-refractivity contribution in [3.63, 3.8) is 0 Å². The molecule has 0 aliphatic heterocycles. The van der Waals surface area contributed by atoms with E-state index in [1.165, 1.54) is 12.8 Å². The number of aromatic nitrogens is 1. The maximum Gasteiger partial charge on any atom is 0.242 e. The third-order valence-corrected chi connectivity index (χ3v) is 5.69. The van der Waals surface area contributed by atoms with Crippen LogP contribution in [0.1, 0.15) is 24.1 Å². The summed E-state index contributed by atoms with van der Waals surface area (Å²) >= 11 is 1.56. The molecule has 0 atom stereocenters. The van der Waals surface area contributed by atoms with Gasteiger partial charge in [0.05, 0.1) is 4.90 Å². The SMILES string of the molecule is Cn1cc(S(=O)(=O)NCc2ccsc2)cc1CNC1CC1. The maximum absolute atomic E-state index is 12.3. The van der Waals surface area contributed by atoms with Gasteiger partial charge in [0.1, 0.15) is 0 Å². The van der Waals surface area contributed by atoms with Gasteiger partial charge in [-0.2, -0.15) is 11.3 Å². The Bertz CT molecular complexity index is 701. The van der Waals surface area contributed by atoms with Crippen LogP contribution in [-0.2, 0) is 30.2 Å². The van der Waals surface area contributed by atoms with Crippen molar-refractivity contribution < 1.29 is 8.42 Å². The van der Waals surface area contributed by atoms with Gasteiger partial charge >= 0.3 is 0 Å². The van der Waals surface area contributed by atoms with Crippen LogP contribution in [-0.4, -0.2) is 19.0 Å². The Morgan fingerprint density at radius 1 is 1.38 bits per heavy atom. The fourth-order valence-electron chi connectivity index (χ4n) is 2.09. The van der Waals surface area contributed by atoms with E-state index in [9.17, 15) is 8.42 Å². The van der Waals surface area contributed by atoms with Crippen molar-refractivity contribution in [3.05, 3.63) is 40.3 Å². The van der Waals surface area contributed by atoms with Gasteiger partial charge < -0.3 is 9.88 Å². The molecule has 21 heavy (non-hydrogen) atoms. The second-order valence-electron chi connectivity index (χ2n) is 5.39. The third-order valence-electron chi connectivity index (χ3n) is 3.59. The molecule has 1 aliphatic carbocycles. The minimum absolute atomic E-state index is 0.327. The smallest absolute Gasteiger partial charge is 0.242 e. The summed E-state index contributed by atoms with van der Waals surface area (Å²) in [5.74, 6) is 0. The quantitative estimate of drug-likeness (QED) is 0.816. The molecule has 0 bridgehead atoms. The molecule has 0 radical (unpaired) electrons. The van der Waals surface area contributed by atoms with Gasteiger partial charge in [-0.1, -0.05) is 0 Å². The van der Waals surface area contributed by atoms with Crippen molar-refractivity contribution >= 4 is 21.4 Å². The van der Waals surface area contributed by atoms with Crippen LogP contribution in [0.15, 0.2) is 34.0 Å². The van der Waals surface area contributed by atoms with E-state index in [4.69, 9.17) is 0 Å². The minimum Gasteiger partial charge on any atom is -0.352 e. The minimum atomic E-state index is -3.45. The largest absolute Gasteiger partial charge is 0.352 e. The second-order valence-corrected chi connectivity index (χ2v) is 7.94. The molecule has 0 saturated heterocycles. The zero-order chi connectivity index (χ0) is 14.9. The van der Waals surface area contributed by atoms with E-state index in [1.807, 2.05) is 28.4 Å². The Kier molecular flexibility index (Phi) is 4.17. The molecule has 2 aromatic heterocycles. The molecule has 3 rings (SSSR count). The van der Waals surface area contributed by atoms with E-state index in [1.54, 1.807) is 23.6 Å². The second kappa shape index (κ2) is 5.92. The van der Waals surface area contributed by atoms with Gasteiger partial charge in [0.25, 0.3) is 0 Å². The molecular weight excluding hydrogens is 306 g/mol. The van der Waals surface area contributed by atoms with Crippen LogP contribution in [0.3, 0.4) is 0 Å².